The van der Waals surface area contributed by atoms with Crippen LogP contribution in [-0.2, 0) is 0 Å². The van der Waals surface area contributed by atoms with Crippen LogP contribution < -0.4 is 0 Å². The Morgan fingerprint density at radius 3 is 0.977 bits per heavy atom. The molecule has 24 rings (SSSR count). The number of para-hydroxylation sites is 6. The first kappa shape index (κ1) is 70.6. The lowest BCUT2D eigenvalue weighted by molar-refractivity contribution is 0.624. The fourth-order valence-corrected chi connectivity index (χ4v) is 17.4. The number of halogens is 1. The second-order valence-corrected chi connectivity index (χ2v) is 31.2. The van der Waals surface area contributed by atoms with Crippen molar-refractivity contribution in [1.82, 2.24) is 48.6 Å². The van der Waals surface area contributed by atoms with Gasteiger partial charge in [-0.1, -0.05) is 340 Å². The van der Waals surface area contributed by atoms with Crippen LogP contribution in [0.2, 0.25) is 0 Å². The lowest BCUT2D eigenvalue weighted by Crippen LogP contribution is -2.02. The first-order valence-corrected chi connectivity index (χ1v) is 42.2. The minimum absolute atomic E-state index is 0.0244. The highest BCUT2D eigenvalue weighted by molar-refractivity contribution is 6.27. The van der Waals surface area contributed by atoms with Crippen molar-refractivity contribution in [2.45, 2.75) is 0 Å². The SMILES string of the molecule is [2H]c1c([2H])c(-c2nc(-c3ccc(-c4ccccc4)cc3)nc(-c3ccc(-c4ccccc4)cc3)n2)c([2H])c(C#N)c1F.[2H]c1c([2H])c(-n2c3ccccc3c3ccc4c(c5ccccc5n4-c4ccccc4)c32)c(C#N)c([2H])c1-c1nc(-c2ccc(-c3ccccc3)cc2)nc(-c2ccc(-c3ccccc3)cc2)n1.c1ccc(-n2c3ccccc3c3c4[nH]c5ccccc5c4ccc32)cc1. The summed E-state index contributed by atoms with van der Waals surface area (Å²) in [6.07, 6.45) is 0. The summed E-state index contributed by atoms with van der Waals surface area (Å²) in [5.74, 6) is -0.0577. The van der Waals surface area contributed by atoms with Gasteiger partial charge in [0.25, 0.3) is 0 Å². The predicted molar refractivity (Wildman–Crippen MR) is 522 cm³/mol. The third-order valence-corrected chi connectivity index (χ3v) is 23.5. The Morgan fingerprint density at radius 2 is 0.558 bits per heavy atom. The van der Waals surface area contributed by atoms with Crippen LogP contribution in [0, 0.1) is 28.5 Å². The predicted octanol–water partition coefficient (Wildman–Crippen LogP) is 28.9. The number of fused-ring (bicyclic) bond motifs is 14. The number of nitriles is 2. The number of nitrogens with one attached hydrogen (secondary N) is 1. The van der Waals surface area contributed by atoms with Crippen LogP contribution in [0.3, 0.4) is 0 Å². The molecule has 0 bridgehead atoms. The third-order valence-electron chi connectivity index (χ3n) is 23.5. The summed E-state index contributed by atoms with van der Waals surface area (Å²) in [7, 11) is 0. The highest BCUT2D eigenvalue weighted by atomic mass is 19.1. The van der Waals surface area contributed by atoms with E-state index in [1.807, 2.05) is 253 Å². The monoisotopic (exact) mass is 1660 g/mol. The molecule has 0 aliphatic rings. The number of H-pyrrole nitrogens is 1. The van der Waals surface area contributed by atoms with Crippen molar-refractivity contribution < 1.29 is 12.6 Å². The quantitative estimate of drug-likeness (QED) is 0.120. The summed E-state index contributed by atoms with van der Waals surface area (Å²) < 4.78 is 75.6. The van der Waals surface area contributed by atoms with Crippen molar-refractivity contribution in [3.63, 3.8) is 0 Å². The molecule has 6 heterocycles. The maximum Gasteiger partial charge on any atom is 0.164 e. The molecule has 1 N–H and O–H groups in total. The van der Waals surface area contributed by atoms with Crippen molar-refractivity contribution >= 4 is 87.2 Å². The Hall–Kier alpha value is -17.9. The molecule has 0 spiro atoms. The Kier molecular flexibility index (Phi) is 18.3. The van der Waals surface area contributed by atoms with Crippen LogP contribution in [-0.4, -0.2) is 48.6 Å². The molecule has 0 unspecified atom stereocenters. The van der Waals surface area contributed by atoms with Gasteiger partial charge in [0.05, 0.1) is 63.7 Å². The molecule has 0 atom stereocenters. The molecule has 0 aliphatic carbocycles. The number of hydrogen-bond acceptors (Lipinski definition) is 8. The van der Waals surface area contributed by atoms with Gasteiger partial charge < -0.3 is 18.7 Å². The summed E-state index contributed by atoms with van der Waals surface area (Å²) in [5, 5.41) is 29.6. The number of aromatic amines is 1. The van der Waals surface area contributed by atoms with Gasteiger partial charge in [0.2, 0.25) is 0 Å². The van der Waals surface area contributed by atoms with Gasteiger partial charge in [0.15, 0.2) is 34.9 Å². The molecule has 0 aliphatic heterocycles. The number of nitrogens with zero attached hydrogens (tertiary/aromatic N) is 11. The minimum Gasteiger partial charge on any atom is -0.354 e. The van der Waals surface area contributed by atoms with Crippen LogP contribution in [0.1, 0.15) is 19.4 Å². The molecule has 604 valence electrons. The molecular weight excluding hydrogens is 1580 g/mol. The molecular formula is C116H73FN12. The zero-order chi connectivity index (χ0) is 91.5. The Morgan fingerprint density at radius 1 is 0.248 bits per heavy atom. The average molecular weight is 1660 g/mol. The number of rotatable bonds is 13. The normalized spacial score (nSPS) is 11.9. The van der Waals surface area contributed by atoms with E-state index in [4.69, 9.17) is 24.0 Å². The molecule has 13 heteroatoms. The number of hydrogen-bond donors (Lipinski definition) is 1. The van der Waals surface area contributed by atoms with E-state index in [0.717, 1.165) is 93.8 Å². The van der Waals surface area contributed by atoms with Crippen molar-refractivity contribution in [3.8, 4) is 142 Å². The lowest BCUT2D eigenvalue weighted by atomic mass is 10.0. The maximum atomic E-state index is 14.6. The summed E-state index contributed by atoms with van der Waals surface area (Å²) in [6, 6.07) is 135. The van der Waals surface area contributed by atoms with Crippen LogP contribution in [0.5, 0.6) is 0 Å². The molecule has 0 fully saturated rings. The van der Waals surface area contributed by atoms with Crippen LogP contribution in [0.25, 0.3) is 217 Å². The van der Waals surface area contributed by atoms with Gasteiger partial charge in [-0.15, -0.1) is 0 Å². The van der Waals surface area contributed by atoms with Crippen molar-refractivity contribution in [1.29, 1.82) is 10.5 Å². The van der Waals surface area contributed by atoms with Gasteiger partial charge in [-0.2, -0.15) is 10.5 Å². The van der Waals surface area contributed by atoms with Gasteiger partial charge in [-0.3, -0.25) is 0 Å². The Balaban J connectivity index is 0.000000131. The second-order valence-electron chi connectivity index (χ2n) is 31.2. The molecule has 18 aromatic carbocycles. The van der Waals surface area contributed by atoms with Crippen LogP contribution >= 0.6 is 0 Å². The fourth-order valence-electron chi connectivity index (χ4n) is 17.4. The molecule has 0 radical (unpaired) electrons. The lowest BCUT2D eigenvalue weighted by Gasteiger charge is -2.13. The maximum absolute atomic E-state index is 14.6. The fraction of sp³-hybridized carbons (Fsp3) is 0. The summed E-state index contributed by atoms with van der Waals surface area (Å²) in [5.41, 5.74) is 20.8. The van der Waals surface area contributed by atoms with E-state index in [-0.39, 0.29) is 63.8 Å². The van der Waals surface area contributed by atoms with Gasteiger partial charge >= 0.3 is 0 Å². The van der Waals surface area contributed by atoms with Gasteiger partial charge in [0.1, 0.15) is 18.0 Å². The zero-order valence-electron chi connectivity index (χ0n) is 74.9. The van der Waals surface area contributed by atoms with E-state index >= 15 is 0 Å². The summed E-state index contributed by atoms with van der Waals surface area (Å²) >= 11 is 0. The Bertz CT molecular complexity index is 8650. The molecule has 0 saturated carbocycles. The second kappa shape index (κ2) is 33.4. The van der Waals surface area contributed by atoms with Crippen molar-refractivity contribution in [2.24, 2.45) is 0 Å². The summed E-state index contributed by atoms with van der Waals surface area (Å²) in [4.78, 5) is 32.3. The van der Waals surface area contributed by atoms with E-state index in [1.54, 1.807) is 6.07 Å². The Labute approximate surface area is 750 Å². The van der Waals surface area contributed by atoms with Crippen LogP contribution in [0.15, 0.2) is 437 Å². The average Bonchev–Trinajstić information content (AvgIpc) is 1.54. The smallest absolute Gasteiger partial charge is 0.164 e. The van der Waals surface area contributed by atoms with E-state index in [2.05, 4.69) is 182 Å². The summed E-state index contributed by atoms with van der Waals surface area (Å²) in [6.45, 7) is 0. The van der Waals surface area contributed by atoms with E-state index in [0.29, 0.717) is 33.9 Å². The topological polar surface area (TPSA) is 155 Å². The molecule has 0 amide bonds. The number of benzene rings is 18. The highest BCUT2D eigenvalue weighted by Crippen LogP contribution is 2.45. The first-order valence-electron chi connectivity index (χ1n) is 45.2. The van der Waals surface area contributed by atoms with Gasteiger partial charge in [-0.05, 0) is 141 Å². The molecule has 6 aromatic heterocycles. The largest absolute Gasteiger partial charge is 0.354 e. The standard InChI is InChI=1S/C58H36N6.C34H21FN4.C24H16N2/c59-37-45-36-44(58-61-56(42-28-24-40(25-29-42)38-14-4-1-5-15-38)60-57(62-58)43-30-26-41(27-31-43)39-16-6-2-7-17-39)32-34-50(45)64-51-22-12-10-20-47(51)48-33-35-53-54(55(48)64)49-21-11-13-23-52(49)63(53)46-18-8-3-9-19-46;35-31-20-19-29(21-30(31)22-36)34-38-32(27-15-11-25(12-16-27)23-7-3-1-4-8-23)37-33(39-34)28-17-13-26(14-18-28)24-9-5-2-6-10-24;1-2-8-16(9-3-1)26-21-13-7-5-11-19(21)23-22(26)15-14-18-17-10-4-6-12-20(17)25-24(18)23/h1-36H;1-21H;1-15,25H/i32D,34D,36D;19D,20D,21D;. The van der Waals surface area contributed by atoms with Crippen molar-refractivity contribution in [2.75, 3.05) is 0 Å². The van der Waals surface area contributed by atoms with Crippen molar-refractivity contribution in [3.05, 3.63) is 454 Å². The first-order chi connectivity index (χ1) is 66.3. The van der Waals surface area contributed by atoms with Gasteiger partial charge in [0, 0.05) is 93.4 Å². The molecule has 0 saturated heterocycles. The van der Waals surface area contributed by atoms with E-state index < -0.39 is 29.5 Å². The zero-order valence-corrected chi connectivity index (χ0v) is 68.9. The molecule has 24 aromatic rings. The van der Waals surface area contributed by atoms with E-state index in [9.17, 15) is 19.0 Å². The van der Waals surface area contributed by atoms with Gasteiger partial charge in [-0.25, -0.2) is 34.3 Å². The molecule has 12 nitrogen and oxygen atoms in total. The van der Waals surface area contributed by atoms with Crippen LogP contribution in [0.4, 0.5) is 4.39 Å². The minimum atomic E-state index is -1.21. The van der Waals surface area contributed by atoms with E-state index in [1.165, 1.54) is 49.3 Å². The highest BCUT2D eigenvalue weighted by Gasteiger charge is 2.25. The third kappa shape index (κ3) is 14.5. The molecule has 129 heavy (non-hydrogen) atoms. The number of aromatic nitrogens is 10.